The summed E-state index contributed by atoms with van der Waals surface area (Å²) in [5.74, 6) is -0.772. The van der Waals surface area contributed by atoms with Crippen molar-refractivity contribution < 1.29 is 12.8 Å². The largest absolute Gasteiger partial charge is 0.396 e. The molecule has 0 aliphatic heterocycles. The van der Waals surface area contributed by atoms with Crippen LogP contribution in [0, 0.1) is 12.7 Å². The van der Waals surface area contributed by atoms with E-state index in [1.54, 1.807) is 13.0 Å². The van der Waals surface area contributed by atoms with Gasteiger partial charge in [0, 0.05) is 6.20 Å². The third kappa shape index (κ3) is 2.83. The first kappa shape index (κ1) is 14.5. The molecule has 0 saturated carbocycles. The summed E-state index contributed by atoms with van der Waals surface area (Å²) in [7, 11) is -3.97. The molecule has 0 bridgehead atoms. The molecule has 0 amide bonds. The van der Waals surface area contributed by atoms with Crippen LogP contribution in [0.2, 0.25) is 5.02 Å². The zero-order chi connectivity index (χ0) is 14.9. The Kier molecular flexibility index (Phi) is 3.82. The Morgan fingerprint density at radius 3 is 2.75 bits per heavy atom. The highest BCUT2D eigenvalue weighted by Crippen LogP contribution is 2.28. The maximum atomic E-state index is 13.2. The van der Waals surface area contributed by atoms with E-state index in [9.17, 15) is 12.8 Å². The highest BCUT2D eigenvalue weighted by molar-refractivity contribution is 7.92. The van der Waals surface area contributed by atoms with Gasteiger partial charge in [0.25, 0.3) is 10.0 Å². The Balaban J connectivity index is 2.47. The molecule has 0 spiro atoms. The first-order valence-corrected chi connectivity index (χ1v) is 7.35. The highest BCUT2D eigenvalue weighted by atomic mass is 35.5. The molecule has 0 radical (unpaired) electrons. The minimum absolute atomic E-state index is 0.245. The van der Waals surface area contributed by atoms with E-state index in [1.807, 2.05) is 0 Å². The van der Waals surface area contributed by atoms with Gasteiger partial charge in [-0.25, -0.2) is 12.8 Å². The number of halogens is 2. The molecule has 1 heterocycles. The average molecular weight is 316 g/mol. The molecule has 1 aromatic carbocycles. The number of anilines is 2. The normalized spacial score (nSPS) is 11.3. The van der Waals surface area contributed by atoms with Crippen molar-refractivity contribution in [2.24, 2.45) is 0 Å². The molecule has 0 atom stereocenters. The van der Waals surface area contributed by atoms with Gasteiger partial charge >= 0.3 is 0 Å². The molecule has 3 N–H and O–H groups in total. The molecule has 8 heteroatoms. The summed E-state index contributed by atoms with van der Waals surface area (Å²) in [5.41, 5.74) is 6.08. The van der Waals surface area contributed by atoms with Crippen LogP contribution in [0.4, 0.5) is 15.8 Å². The summed E-state index contributed by atoms with van der Waals surface area (Å²) in [5, 5.41) is -0.245. The first-order valence-electron chi connectivity index (χ1n) is 5.49. The summed E-state index contributed by atoms with van der Waals surface area (Å²) in [6, 6.07) is 3.49. The number of aromatic nitrogens is 1. The lowest BCUT2D eigenvalue weighted by molar-refractivity contribution is 0.600. The molecule has 0 aliphatic carbocycles. The molecule has 20 heavy (non-hydrogen) atoms. The van der Waals surface area contributed by atoms with E-state index in [0.717, 1.165) is 12.1 Å². The van der Waals surface area contributed by atoms with Crippen molar-refractivity contribution >= 4 is 33.0 Å². The lowest BCUT2D eigenvalue weighted by Crippen LogP contribution is -2.15. The minimum atomic E-state index is -3.97. The lowest BCUT2D eigenvalue weighted by Gasteiger charge is -2.11. The van der Waals surface area contributed by atoms with Crippen molar-refractivity contribution in [1.82, 2.24) is 4.98 Å². The Morgan fingerprint density at radius 1 is 1.40 bits per heavy atom. The van der Waals surface area contributed by atoms with Crippen LogP contribution >= 0.6 is 11.6 Å². The standard InChI is InChI=1S/C12H11ClFN3O2S/c1-7-2-3-16-6-11(7)17-20(18,19)12-5-10(15)9(14)4-8(12)13/h2-6,17H,15H2,1H3. The van der Waals surface area contributed by atoms with E-state index in [0.29, 0.717) is 11.3 Å². The van der Waals surface area contributed by atoms with Crippen LogP contribution in [-0.4, -0.2) is 13.4 Å². The molecule has 0 saturated heterocycles. The molecular weight excluding hydrogens is 305 g/mol. The van der Waals surface area contributed by atoms with Crippen LogP contribution in [0.5, 0.6) is 0 Å². The van der Waals surface area contributed by atoms with Gasteiger partial charge in [0.2, 0.25) is 0 Å². The summed E-state index contributed by atoms with van der Waals surface area (Å²) in [6.07, 6.45) is 2.91. The van der Waals surface area contributed by atoms with Crippen LogP contribution in [0.15, 0.2) is 35.5 Å². The number of nitrogens with zero attached hydrogens (tertiary/aromatic N) is 1. The SMILES string of the molecule is Cc1ccncc1NS(=O)(=O)c1cc(N)c(F)cc1Cl. The number of aryl methyl sites for hydroxylation is 1. The number of pyridine rings is 1. The number of nitrogen functional groups attached to an aromatic ring is 1. The molecule has 5 nitrogen and oxygen atoms in total. The summed E-state index contributed by atoms with van der Waals surface area (Å²) >= 11 is 5.76. The van der Waals surface area contributed by atoms with Gasteiger partial charge in [-0.2, -0.15) is 0 Å². The van der Waals surface area contributed by atoms with E-state index < -0.39 is 15.8 Å². The van der Waals surface area contributed by atoms with E-state index in [1.165, 1.54) is 12.4 Å². The molecule has 106 valence electrons. The molecule has 1 aromatic heterocycles. The summed E-state index contributed by atoms with van der Waals surface area (Å²) in [4.78, 5) is 3.54. The fraction of sp³-hybridized carbons (Fsp3) is 0.0833. The molecule has 2 rings (SSSR count). The van der Waals surface area contributed by atoms with Gasteiger partial charge in [-0.15, -0.1) is 0 Å². The Labute approximate surface area is 120 Å². The second-order valence-electron chi connectivity index (χ2n) is 4.10. The predicted octanol–water partition coefficient (Wildman–Crippen LogP) is 2.57. The van der Waals surface area contributed by atoms with E-state index in [2.05, 4.69) is 9.71 Å². The Morgan fingerprint density at radius 2 is 2.10 bits per heavy atom. The Bertz CT molecular complexity index is 765. The monoisotopic (exact) mass is 315 g/mol. The number of hydrogen-bond acceptors (Lipinski definition) is 4. The summed E-state index contributed by atoms with van der Waals surface area (Å²) in [6.45, 7) is 1.72. The maximum absolute atomic E-state index is 13.2. The number of nitrogens with two attached hydrogens (primary N) is 1. The van der Waals surface area contributed by atoms with Gasteiger partial charge < -0.3 is 5.73 Å². The van der Waals surface area contributed by atoms with Crippen LogP contribution in [0.3, 0.4) is 0 Å². The van der Waals surface area contributed by atoms with Gasteiger partial charge in [0.1, 0.15) is 10.7 Å². The number of benzene rings is 1. The molecule has 0 fully saturated rings. The van der Waals surface area contributed by atoms with Crippen molar-refractivity contribution in [2.45, 2.75) is 11.8 Å². The fourth-order valence-corrected chi connectivity index (χ4v) is 3.19. The summed E-state index contributed by atoms with van der Waals surface area (Å²) < 4.78 is 40.0. The zero-order valence-corrected chi connectivity index (χ0v) is 12.0. The van der Waals surface area contributed by atoms with Crippen LogP contribution in [-0.2, 0) is 10.0 Å². The van der Waals surface area contributed by atoms with Crippen molar-refractivity contribution in [3.05, 3.63) is 47.0 Å². The second kappa shape index (κ2) is 5.26. The third-order valence-corrected chi connectivity index (χ3v) is 4.45. The van der Waals surface area contributed by atoms with Gasteiger partial charge in [-0.05, 0) is 30.7 Å². The predicted molar refractivity (Wildman–Crippen MR) is 75.6 cm³/mol. The van der Waals surface area contributed by atoms with E-state index in [-0.39, 0.29) is 15.6 Å². The number of nitrogens with one attached hydrogen (secondary N) is 1. The number of sulfonamides is 1. The number of rotatable bonds is 3. The van der Waals surface area contributed by atoms with Gasteiger partial charge in [-0.3, -0.25) is 9.71 Å². The van der Waals surface area contributed by atoms with E-state index >= 15 is 0 Å². The average Bonchev–Trinajstić information content (AvgIpc) is 2.36. The van der Waals surface area contributed by atoms with Crippen molar-refractivity contribution in [3.8, 4) is 0 Å². The first-order chi connectivity index (χ1) is 9.31. The molecular formula is C12H11ClFN3O2S. The van der Waals surface area contributed by atoms with Gasteiger partial charge in [0.15, 0.2) is 0 Å². The van der Waals surface area contributed by atoms with Crippen molar-refractivity contribution in [1.29, 1.82) is 0 Å². The quantitative estimate of drug-likeness (QED) is 0.852. The van der Waals surface area contributed by atoms with Crippen molar-refractivity contribution in [3.63, 3.8) is 0 Å². The third-order valence-electron chi connectivity index (χ3n) is 2.62. The van der Waals surface area contributed by atoms with Gasteiger partial charge in [-0.1, -0.05) is 11.6 Å². The maximum Gasteiger partial charge on any atom is 0.263 e. The van der Waals surface area contributed by atoms with Gasteiger partial charge in [0.05, 0.1) is 22.6 Å². The zero-order valence-electron chi connectivity index (χ0n) is 10.4. The lowest BCUT2D eigenvalue weighted by atomic mass is 10.3. The smallest absolute Gasteiger partial charge is 0.263 e. The van der Waals surface area contributed by atoms with Crippen LogP contribution in [0.25, 0.3) is 0 Å². The topological polar surface area (TPSA) is 85.1 Å². The second-order valence-corrected chi connectivity index (χ2v) is 6.16. The molecule has 0 aliphatic rings. The Hall–Kier alpha value is -1.86. The highest BCUT2D eigenvalue weighted by Gasteiger charge is 2.21. The number of hydrogen-bond donors (Lipinski definition) is 2. The van der Waals surface area contributed by atoms with E-state index in [4.69, 9.17) is 17.3 Å². The molecule has 0 unspecified atom stereocenters. The van der Waals surface area contributed by atoms with Crippen LogP contribution in [0.1, 0.15) is 5.56 Å². The van der Waals surface area contributed by atoms with Crippen LogP contribution < -0.4 is 10.5 Å². The molecule has 2 aromatic rings. The van der Waals surface area contributed by atoms with Crippen molar-refractivity contribution in [2.75, 3.05) is 10.5 Å². The minimum Gasteiger partial charge on any atom is -0.396 e. The fourth-order valence-electron chi connectivity index (χ4n) is 1.52.